The van der Waals surface area contributed by atoms with E-state index >= 15 is 0 Å². The second-order valence-corrected chi connectivity index (χ2v) is 5.67. The molecule has 1 N–H and O–H groups in total. The number of carbonyl (C=O) groups excluding carboxylic acids is 1. The molecule has 3 heterocycles. The van der Waals surface area contributed by atoms with E-state index in [2.05, 4.69) is 20.1 Å². The van der Waals surface area contributed by atoms with E-state index in [1.54, 1.807) is 12.7 Å². The second kappa shape index (κ2) is 5.67. The third-order valence-electron chi connectivity index (χ3n) is 3.92. The molecule has 0 radical (unpaired) electrons. The lowest BCUT2D eigenvalue weighted by atomic mass is 9.97. The highest BCUT2D eigenvalue weighted by Crippen LogP contribution is 2.20. The zero-order chi connectivity index (χ0) is 14.8. The number of amides is 1. The Morgan fingerprint density at radius 1 is 1.48 bits per heavy atom. The molecular formula is C14H20N6O. The molecule has 0 aliphatic carbocycles. The van der Waals surface area contributed by atoms with Crippen LogP contribution in [0.4, 0.5) is 0 Å². The van der Waals surface area contributed by atoms with E-state index in [1.807, 2.05) is 23.4 Å². The maximum atomic E-state index is 12.6. The van der Waals surface area contributed by atoms with Crippen LogP contribution in [0, 0.1) is 19.8 Å². The van der Waals surface area contributed by atoms with Gasteiger partial charge < -0.3 is 9.88 Å². The van der Waals surface area contributed by atoms with Crippen molar-refractivity contribution in [3.8, 4) is 0 Å². The number of aromatic nitrogens is 5. The van der Waals surface area contributed by atoms with E-state index in [9.17, 15) is 4.79 Å². The van der Waals surface area contributed by atoms with Crippen molar-refractivity contribution in [3.05, 3.63) is 29.9 Å². The lowest BCUT2D eigenvalue weighted by molar-refractivity contribution is 0.0653. The molecule has 1 fully saturated rings. The lowest BCUT2D eigenvalue weighted by Gasteiger charge is -2.32. The largest absolute Gasteiger partial charge is 0.346 e. The molecule has 3 rings (SSSR count). The second-order valence-electron chi connectivity index (χ2n) is 5.67. The van der Waals surface area contributed by atoms with Crippen molar-refractivity contribution in [1.82, 2.24) is 29.6 Å². The number of nitrogens with zero attached hydrogens (tertiary/aromatic N) is 5. The Kier molecular flexibility index (Phi) is 3.72. The van der Waals surface area contributed by atoms with E-state index in [0.717, 1.165) is 44.0 Å². The zero-order valence-corrected chi connectivity index (χ0v) is 12.4. The Morgan fingerprint density at radius 3 is 3.00 bits per heavy atom. The van der Waals surface area contributed by atoms with Crippen LogP contribution in [0.5, 0.6) is 0 Å². The van der Waals surface area contributed by atoms with E-state index in [0.29, 0.717) is 11.6 Å². The SMILES string of the molecule is Cc1nc(C(=O)N2CCCC(Cn3cncn3)C2)c(C)[nH]1. The Morgan fingerprint density at radius 2 is 2.33 bits per heavy atom. The van der Waals surface area contributed by atoms with Gasteiger partial charge in [0.2, 0.25) is 0 Å². The van der Waals surface area contributed by atoms with Crippen LogP contribution in [-0.4, -0.2) is 48.6 Å². The first-order valence-electron chi connectivity index (χ1n) is 7.28. The Hall–Kier alpha value is -2.18. The number of aryl methyl sites for hydroxylation is 2. The van der Waals surface area contributed by atoms with Gasteiger partial charge in [-0.15, -0.1) is 0 Å². The van der Waals surface area contributed by atoms with Gasteiger partial charge in [0, 0.05) is 25.3 Å². The summed E-state index contributed by atoms with van der Waals surface area (Å²) in [6.45, 7) is 6.13. The summed E-state index contributed by atoms with van der Waals surface area (Å²) in [6.07, 6.45) is 5.40. The predicted molar refractivity (Wildman–Crippen MR) is 76.7 cm³/mol. The molecule has 1 aliphatic heterocycles. The Bertz CT molecular complexity index is 617. The number of carbonyl (C=O) groups is 1. The van der Waals surface area contributed by atoms with Gasteiger partial charge in [0.25, 0.3) is 5.91 Å². The van der Waals surface area contributed by atoms with Gasteiger partial charge in [0.1, 0.15) is 24.2 Å². The Balaban J connectivity index is 1.68. The highest BCUT2D eigenvalue weighted by Gasteiger charge is 2.27. The number of piperidine rings is 1. The molecule has 2 aromatic rings. The van der Waals surface area contributed by atoms with Crippen LogP contribution < -0.4 is 0 Å². The summed E-state index contributed by atoms with van der Waals surface area (Å²) in [5, 5.41) is 4.14. The van der Waals surface area contributed by atoms with Crippen LogP contribution in [-0.2, 0) is 6.54 Å². The van der Waals surface area contributed by atoms with Crippen molar-refractivity contribution in [2.75, 3.05) is 13.1 Å². The summed E-state index contributed by atoms with van der Waals surface area (Å²) in [5.41, 5.74) is 1.39. The predicted octanol–water partition coefficient (Wildman–Crippen LogP) is 1.17. The first-order valence-corrected chi connectivity index (χ1v) is 7.28. The molecule has 112 valence electrons. The monoisotopic (exact) mass is 288 g/mol. The molecule has 0 aromatic carbocycles. The smallest absolute Gasteiger partial charge is 0.274 e. The standard InChI is InChI=1S/C14H20N6O/c1-10-13(18-11(2)17-10)14(21)19-5-3-4-12(6-19)7-20-9-15-8-16-20/h8-9,12H,3-7H2,1-2H3,(H,17,18). The van der Waals surface area contributed by atoms with Gasteiger partial charge in [0.15, 0.2) is 0 Å². The molecule has 1 unspecified atom stereocenters. The van der Waals surface area contributed by atoms with Crippen LogP contribution in [0.15, 0.2) is 12.7 Å². The summed E-state index contributed by atoms with van der Waals surface area (Å²) in [7, 11) is 0. The fourth-order valence-electron chi connectivity index (χ4n) is 2.96. The van der Waals surface area contributed by atoms with Crippen molar-refractivity contribution in [1.29, 1.82) is 0 Å². The first kappa shape index (κ1) is 13.8. The normalized spacial score (nSPS) is 19.0. The van der Waals surface area contributed by atoms with Gasteiger partial charge in [-0.25, -0.2) is 9.97 Å². The molecule has 1 saturated heterocycles. The van der Waals surface area contributed by atoms with Crippen LogP contribution in [0.2, 0.25) is 0 Å². The number of aromatic amines is 1. The van der Waals surface area contributed by atoms with E-state index in [1.165, 1.54) is 0 Å². The van der Waals surface area contributed by atoms with Gasteiger partial charge in [-0.1, -0.05) is 0 Å². The number of hydrogen-bond donors (Lipinski definition) is 1. The topological polar surface area (TPSA) is 79.7 Å². The molecular weight excluding hydrogens is 268 g/mol. The van der Waals surface area contributed by atoms with Gasteiger partial charge >= 0.3 is 0 Å². The van der Waals surface area contributed by atoms with Crippen molar-refractivity contribution in [3.63, 3.8) is 0 Å². The highest BCUT2D eigenvalue weighted by atomic mass is 16.2. The number of H-pyrrole nitrogens is 1. The molecule has 0 bridgehead atoms. The summed E-state index contributed by atoms with van der Waals surface area (Å²) < 4.78 is 1.84. The molecule has 7 heteroatoms. The summed E-state index contributed by atoms with van der Waals surface area (Å²) in [6, 6.07) is 0. The third kappa shape index (κ3) is 2.96. The third-order valence-corrected chi connectivity index (χ3v) is 3.92. The molecule has 1 aliphatic rings. The summed E-state index contributed by atoms with van der Waals surface area (Å²) in [5.74, 6) is 1.23. The van der Waals surface area contributed by atoms with E-state index in [-0.39, 0.29) is 5.91 Å². The average Bonchev–Trinajstić information content (AvgIpc) is 3.08. The van der Waals surface area contributed by atoms with E-state index < -0.39 is 0 Å². The summed E-state index contributed by atoms with van der Waals surface area (Å²) in [4.78, 5) is 25.9. The fourth-order valence-corrected chi connectivity index (χ4v) is 2.96. The number of rotatable bonds is 3. The van der Waals surface area contributed by atoms with Crippen molar-refractivity contribution < 1.29 is 4.79 Å². The van der Waals surface area contributed by atoms with E-state index in [4.69, 9.17) is 0 Å². The van der Waals surface area contributed by atoms with Gasteiger partial charge in [-0.05, 0) is 32.6 Å². The Labute approximate surface area is 123 Å². The quantitative estimate of drug-likeness (QED) is 0.919. The average molecular weight is 288 g/mol. The minimum absolute atomic E-state index is 0.0279. The summed E-state index contributed by atoms with van der Waals surface area (Å²) >= 11 is 0. The van der Waals surface area contributed by atoms with Crippen molar-refractivity contribution in [2.45, 2.75) is 33.2 Å². The maximum absolute atomic E-state index is 12.6. The lowest BCUT2D eigenvalue weighted by Crippen LogP contribution is -2.41. The molecule has 21 heavy (non-hydrogen) atoms. The fraction of sp³-hybridized carbons (Fsp3) is 0.571. The minimum atomic E-state index is 0.0279. The number of nitrogens with one attached hydrogen (secondary N) is 1. The zero-order valence-electron chi connectivity index (χ0n) is 12.4. The molecule has 7 nitrogen and oxygen atoms in total. The molecule has 1 atom stereocenters. The van der Waals surface area contributed by atoms with Crippen molar-refractivity contribution >= 4 is 5.91 Å². The minimum Gasteiger partial charge on any atom is -0.346 e. The molecule has 0 saturated carbocycles. The van der Waals surface area contributed by atoms with Crippen LogP contribution >= 0.6 is 0 Å². The molecule has 2 aromatic heterocycles. The van der Waals surface area contributed by atoms with Gasteiger partial charge in [0.05, 0.1) is 0 Å². The van der Waals surface area contributed by atoms with Crippen LogP contribution in [0.25, 0.3) is 0 Å². The first-order chi connectivity index (χ1) is 10.1. The number of likely N-dealkylation sites (tertiary alicyclic amines) is 1. The highest BCUT2D eigenvalue weighted by molar-refractivity contribution is 5.93. The van der Waals surface area contributed by atoms with Crippen LogP contribution in [0.3, 0.4) is 0 Å². The molecule has 0 spiro atoms. The number of imidazole rings is 1. The van der Waals surface area contributed by atoms with Crippen LogP contribution in [0.1, 0.15) is 34.8 Å². The maximum Gasteiger partial charge on any atom is 0.274 e. The molecule has 1 amide bonds. The van der Waals surface area contributed by atoms with Gasteiger partial charge in [-0.3, -0.25) is 9.48 Å². The van der Waals surface area contributed by atoms with Crippen molar-refractivity contribution in [2.24, 2.45) is 5.92 Å². The number of hydrogen-bond acceptors (Lipinski definition) is 4. The van der Waals surface area contributed by atoms with Gasteiger partial charge in [-0.2, -0.15) is 5.10 Å².